The second kappa shape index (κ2) is 3690. The average molecular weight is 828 g/mol. The van der Waals surface area contributed by atoms with Gasteiger partial charge in [0, 0.05) is 0 Å². The number of hydrogen-bond acceptors (Lipinski definition) is 0. The Morgan fingerprint density at radius 2 is 0.0938 bits per heavy atom. The van der Waals surface area contributed by atoms with Gasteiger partial charge in [0.1, 0.15) is 0 Å². The van der Waals surface area contributed by atoms with Crippen LogP contribution < -0.4 is 0 Å². The molecule has 0 fully saturated rings. The van der Waals surface area contributed by atoms with E-state index in [1.807, 2.05) is 0 Å². The van der Waals surface area contributed by atoms with Crippen molar-refractivity contribution >= 4 is 0 Å². The Bertz CT molecular complexity index is 34.0. The molecule has 0 spiro atoms. The van der Waals surface area contributed by atoms with Crippen molar-refractivity contribution in [1.29, 1.82) is 0 Å². The summed E-state index contributed by atoms with van der Waals surface area (Å²) >= 11 is 0. The van der Waals surface area contributed by atoms with Crippen molar-refractivity contribution in [3.63, 3.8) is 0 Å². The van der Waals surface area contributed by atoms with E-state index in [1.54, 1.807) is 0 Å². The molecular formula is Co4Cr4O24-28. The van der Waals surface area contributed by atoms with Crippen LogP contribution in [0.3, 0.4) is 0 Å². The van der Waals surface area contributed by atoms with E-state index < -0.39 is 0 Å². The monoisotopic (exact) mass is 827 g/mol. The van der Waals surface area contributed by atoms with Crippen LogP contribution in [-0.2, 0) is 268 Å². The zero-order valence-electron chi connectivity index (χ0n) is 12.8. The zero-order valence-corrected chi connectivity index (χ0v) is 22.0. The molecule has 0 aliphatic rings. The molecule has 32 heteroatoms. The molecule has 0 aromatic rings. The van der Waals surface area contributed by atoms with Crippen LogP contribution in [0.1, 0.15) is 0 Å². The summed E-state index contributed by atoms with van der Waals surface area (Å²) < 4.78 is 0. The van der Waals surface area contributed by atoms with Crippen LogP contribution in [-0.4, -0.2) is 0 Å². The molecule has 24 nitrogen and oxygen atoms in total. The second-order valence-electron chi connectivity index (χ2n) is 0. The van der Waals surface area contributed by atoms with Crippen molar-refractivity contribution in [2.75, 3.05) is 0 Å². The van der Waals surface area contributed by atoms with Gasteiger partial charge in [0.25, 0.3) is 0 Å². The fourth-order valence-corrected chi connectivity index (χ4v) is 0. The molecule has 0 aliphatic carbocycles. The van der Waals surface area contributed by atoms with E-state index in [0.29, 0.717) is 0 Å². The summed E-state index contributed by atoms with van der Waals surface area (Å²) in [6.07, 6.45) is 0. The Hall–Kier alpha value is 3.20. The van der Waals surface area contributed by atoms with Crippen LogP contribution in [0.25, 0.3) is 0 Å². The van der Waals surface area contributed by atoms with Gasteiger partial charge in [-0.2, -0.15) is 0 Å². The van der Waals surface area contributed by atoms with Gasteiger partial charge in [-0.25, -0.2) is 0 Å². The third kappa shape index (κ3) is 3370. The molecule has 0 saturated carbocycles. The van der Waals surface area contributed by atoms with Gasteiger partial charge in [-0.3, -0.25) is 0 Å². The van der Waals surface area contributed by atoms with E-state index in [4.69, 9.17) is 0 Å². The zero-order chi connectivity index (χ0) is 0. The summed E-state index contributed by atoms with van der Waals surface area (Å²) in [7, 11) is 0. The van der Waals surface area contributed by atoms with Crippen molar-refractivity contribution in [2.24, 2.45) is 0 Å². The topological polar surface area (TPSA) is 684 Å². The molecule has 0 aliphatic heterocycles. The third-order valence-electron chi connectivity index (χ3n) is 0. The number of rotatable bonds is 0. The van der Waals surface area contributed by atoms with Crippen molar-refractivity contribution in [3.8, 4) is 0 Å². The van der Waals surface area contributed by atoms with Crippen molar-refractivity contribution in [3.05, 3.63) is 0 Å². The van der Waals surface area contributed by atoms with Crippen molar-refractivity contribution < 1.29 is 268 Å². The Morgan fingerprint density at radius 3 is 0.0938 bits per heavy atom. The molecule has 0 amide bonds. The van der Waals surface area contributed by atoms with E-state index in [-0.39, 0.29) is 268 Å². The van der Waals surface area contributed by atoms with Crippen LogP contribution in [0.4, 0.5) is 0 Å². The molecular weight excluding hydrogens is 828 g/mol. The standard InChI is InChI=1S/4Co.4Cr.24O/q4*+2;4*+3;24*-2. The molecule has 0 atom stereocenters. The summed E-state index contributed by atoms with van der Waals surface area (Å²) in [6.45, 7) is 0. The summed E-state index contributed by atoms with van der Waals surface area (Å²) in [5.41, 5.74) is 0. The predicted molar refractivity (Wildman–Crippen MR) is 16.5 cm³/mol. The van der Waals surface area contributed by atoms with E-state index in [0.717, 1.165) is 0 Å². The fraction of sp³-hybridized carbons (Fsp3) is 0. The maximum atomic E-state index is 0. The number of hydrogen-bond donors (Lipinski definition) is 0. The maximum absolute atomic E-state index is 0. The van der Waals surface area contributed by atoms with Crippen LogP contribution in [0, 0.1) is 0 Å². The molecule has 0 bridgehead atoms. The minimum atomic E-state index is 0. The van der Waals surface area contributed by atoms with E-state index in [1.165, 1.54) is 0 Å². The van der Waals surface area contributed by atoms with Gasteiger partial charge >= 0.3 is 137 Å². The Kier molecular flexibility index (Phi) is 465000. The Morgan fingerprint density at radius 1 is 0.0938 bits per heavy atom. The first-order valence-corrected chi connectivity index (χ1v) is 0. The predicted octanol–water partition coefficient (Wildman–Crippen LogP) is -2.87. The van der Waals surface area contributed by atoms with Crippen LogP contribution in [0.5, 0.6) is 0 Å². The molecule has 8 radical (unpaired) electrons. The summed E-state index contributed by atoms with van der Waals surface area (Å²) in [5.74, 6) is 0. The normalized spacial score (nSPS) is 0. The van der Waals surface area contributed by atoms with Crippen LogP contribution >= 0.6 is 0 Å². The maximum Gasteiger partial charge on any atom is 3.00 e. The Labute approximate surface area is 266 Å². The Balaban J connectivity index is 0. The van der Waals surface area contributed by atoms with Crippen LogP contribution in [0.2, 0.25) is 0 Å². The largest absolute Gasteiger partial charge is 3.00 e. The molecule has 0 saturated heterocycles. The first-order valence-electron chi connectivity index (χ1n) is 0. The molecule has 0 N–H and O–H groups in total. The average Bonchev–Trinajstić information content (AvgIpc) is 0. The first-order chi connectivity index (χ1) is 0. The van der Waals surface area contributed by atoms with Gasteiger partial charge in [-0.05, 0) is 0 Å². The minimum Gasteiger partial charge on any atom is -2.00 e. The molecule has 0 heterocycles. The van der Waals surface area contributed by atoms with E-state index in [2.05, 4.69) is 0 Å². The van der Waals surface area contributed by atoms with Gasteiger partial charge < -0.3 is 131 Å². The summed E-state index contributed by atoms with van der Waals surface area (Å²) in [4.78, 5) is 0. The molecule has 0 aromatic heterocycles. The molecule has 0 unspecified atom stereocenters. The first kappa shape index (κ1) is 4030. The minimum absolute atomic E-state index is 0. The quantitative estimate of drug-likeness (QED) is 0.238. The second-order valence-corrected chi connectivity index (χ2v) is 0. The molecule has 0 aromatic carbocycles. The van der Waals surface area contributed by atoms with E-state index >= 15 is 0 Å². The van der Waals surface area contributed by atoms with Crippen molar-refractivity contribution in [1.82, 2.24) is 0 Å². The van der Waals surface area contributed by atoms with E-state index in [9.17, 15) is 0 Å². The van der Waals surface area contributed by atoms with Gasteiger partial charge in [0.15, 0.2) is 0 Å². The molecule has 232 valence electrons. The van der Waals surface area contributed by atoms with Crippen LogP contribution in [0.15, 0.2) is 0 Å². The van der Waals surface area contributed by atoms with Gasteiger partial charge in [0.2, 0.25) is 0 Å². The smallest absolute Gasteiger partial charge is 2.00 e. The molecule has 32 heavy (non-hydrogen) atoms. The molecule has 0 rings (SSSR count). The SMILES string of the molecule is [Co+2].[Co+2].[Co+2].[Co+2].[Cr+3].[Cr+3].[Cr+3].[Cr+3].[O-2].[O-2].[O-2].[O-2].[O-2].[O-2].[O-2].[O-2].[O-2].[O-2].[O-2].[O-2].[O-2].[O-2].[O-2].[O-2].[O-2].[O-2].[O-2].[O-2].[O-2].[O-2].[O-2].[O-2]. The van der Waals surface area contributed by atoms with Gasteiger partial charge in [-0.15, -0.1) is 0 Å². The van der Waals surface area contributed by atoms with Crippen molar-refractivity contribution in [2.45, 2.75) is 0 Å². The third-order valence-corrected chi connectivity index (χ3v) is 0. The van der Waals surface area contributed by atoms with Gasteiger partial charge in [-0.1, -0.05) is 0 Å². The summed E-state index contributed by atoms with van der Waals surface area (Å²) in [5, 5.41) is 0. The summed E-state index contributed by atoms with van der Waals surface area (Å²) in [6, 6.07) is 0. The van der Waals surface area contributed by atoms with Gasteiger partial charge in [0.05, 0.1) is 0 Å². The fourth-order valence-electron chi connectivity index (χ4n) is 0.